The van der Waals surface area contributed by atoms with Crippen LogP contribution < -0.4 is 5.32 Å². The van der Waals surface area contributed by atoms with Gasteiger partial charge in [0.1, 0.15) is 0 Å². The summed E-state index contributed by atoms with van der Waals surface area (Å²) in [4.78, 5) is 19.0. The van der Waals surface area contributed by atoms with Crippen molar-refractivity contribution in [2.45, 2.75) is 0 Å². The fraction of sp³-hybridized carbons (Fsp3) is 0.0476. The Balaban J connectivity index is 1.90. The van der Waals surface area contributed by atoms with E-state index in [2.05, 4.69) is 50.4 Å². The summed E-state index contributed by atoms with van der Waals surface area (Å²) in [6.45, 7) is 0. The molecule has 4 aromatic rings. The normalized spacial score (nSPS) is 10.7. The molecule has 1 amide bonds. The van der Waals surface area contributed by atoms with Gasteiger partial charge in [-0.05, 0) is 34.4 Å². The zero-order chi connectivity index (χ0) is 17.9. The number of amides is 1. The van der Waals surface area contributed by atoms with Crippen LogP contribution in [0.1, 0.15) is 0 Å². The van der Waals surface area contributed by atoms with Gasteiger partial charge in [-0.15, -0.1) is 0 Å². The van der Waals surface area contributed by atoms with Gasteiger partial charge in [0, 0.05) is 0 Å². The van der Waals surface area contributed by atoms with Crippen LogP contribution in [0.15, 0.2) is 72.8 Å². The number of aromatic nitrogens is 2. The summed E-state index contributed by atoms with van der Waals surface area (Å²) in [5.41, 5.74) is 6.02. The van der Waals surface area contributed by atoms with Crippen LogP contribution in [0.25, 0.3) is 33.3 Å². The highest BCUT2D eigenvalue weighted by Gasteiger charge is 2.13. The lowest BCUT2D eigenvalue weighted by atomic mass is 9.94. The number of anilines is 1. The average Bonchev–Trinajstić information content (AvgIpc) is 3.09. The highest BCUT2D eigenvalue weighted by atomic mass is 16.5. The van der Waals surface area contributed by atoms with E-state index in [9.17, 15) is 4.79 Å². The van der Waals surface area contributed by atoms with Crippen molar-refractivity contribution in [3.05, 3.63) is 72.8 Å². The van der Waals surface area contributed by atoms with Gasteiger partial charge in [-0.3, -0.25) is 5.32 Å². The van der Waals surface area contributed by atoms with Crippen LogP contribution in [0, 0.1) is 0 Å². The number of fused-ring (bicyclic) bond motifs is 1. The van der Waals surface area contributed by atoms with Crippen molar-refractivity contribution in [2.75, 3.05) is 12.4 Å². The molecule has 0 atom stereocenters. The van der Waals surface area contributed by atoms with Gasteiger partial charge in [0.05, 0.1) is 18.1 Å². The molecule has 1 aromatic heterocycles. The van der Waals surface area contributed by atoms with Crippen LogP contribution in [0.5, 0.6) is 0 Å². The van der Waals surface area contributed by atoms with E-state index < -0.39 is 6.09 Å². The molecule has 0 radical (unpaired) electrons. The maximum atomic E-state index is 11.4. The largest absolute Gasteiger partial charge is 0.453 e. The third-order valence-electron chi connectivity index (χ3n) is 4.20. The van der Waals surface area contributed by atoms with E-state index in [1.807, 2.05) is 42.5 Å². The van der Waals surface area contributed by atoms with E-state index in [-0.39, 0.29) is 0 Å². The van der Waals surface area contributed by atoms with Gasteiger partial charge >= 0.3 is 6.09 Å². The Morgan fingerprint density at radius 2 is 1.50 bits per heavy atom. The summed E-state index contributed by atoms with van der Waals surface area (Å²) < 4.78 is 4.63. The number of rotatable bonds is 3. The Hall–Kier alpha value is -3.60. The number of nitrogens with one attached hydrogen (secondary N) is 2. The molecule has 0 fully saturated rings. The summed E-state index contributed by atoms with van der Waals surface area (Å²) in [6.07, 6.45) is -0.560. The third-order valence-corrected chi connectivity index (χ3v) is 4.20. The Labute approximate surface area is 150 Å². The molecule has 0 aliphatic rings. The van der Waals surface area contributed by atoms with Crippen molar-refractivity contribution in [3.63, 3.8) is 0 Å². The number of methoxy groups -OCH3 is 1. The van der Waals surface area contributed by atoms with Gasteiger partial charge < -0.3 is 9.72 Å². The SMILES string of the molecule is COC(=O)Nc1nc2cc(-c3ccccc3)c(-c3ccccc3)cc2[nH]1. The molecule has 26 heavy (non-hydrogen) atoms. The molecule has 128 valence electrons. The number of ether oxygens (including phenoxy) is 1. The fourth-order valence-electron chi connectivity index (χ4n) is 2.98. The van der Waals surface area contributed by atoms with E-state index >= 15 is 0 Å². The first kappa shape index (κ1) is 15.9. The van der Waals surface area contributed by atoms with Crippen LogP contribution in [0.3, 0.4) is 0 Å². The van der Waals surface area contributed by atoms with E-state index in [0.29, 0.717) is 5.95 Å². The van der Waals surface area contributed by atoms with Crippen molar-refractivity contribution >= 4 is 23.1 Å². The summed E-state index contributed by atoms with van der Waals surface area (Å²) in [7, 11) is 1.32. The van der Waals surface area contributed by atoms with E-state index in [0.717, 1.165) is 33.3 Å². The summed E-state index contributed by atoms with van der Waals surface area (Å²) >= 11 is 0. The molecule has 5 nitrogen and oxygen atoms in total. The predicted octanol–water partition coefficient (Wildman–Crippen LogP) is 5.08. The average molecular weight is 343 g/mol. The first-order valence-corrected chi connectivity index (χ1v) is 8.24. The molecule has 0 bridgehead atoms. The summed E-state index contributed by atoms with van der Waals surface area (Å²) in [6, 6.07) is 24.5. The molecule has 0 saturated heterocycles. The lowest BCUT2D eigenvalue weighted by Crippen LogP contribution is -2.11. The molecule has 3 aromatic carbocycles. The number of H-pyrrole nitrogens is 1. The van der Waals surface area contributed by atoms with Crippen LogP contribution in [-0.2, 0) is 4.74 Å². The first-order valence-electron chi connectivity index (χ1n) is 8.24. The van der Waals surface area contributed by atoms with Gasteiger partial charge in [-0.25, -0.2) is 9.78 Å². The number of aromatic amines is 1. The lowest BCUT2D eigenvalue weighted by molar-refractivity contribution is 0.186. The minimum atomic E-state index is -0.560. The second-order valence-corrected chi connectivity index (χ2v) is 5.85. The molecule has 0 unspecified atom stereocenters. The topological polar surface area (TPSA) is 67.0 Å². The number of carbonyl (C=O) groups is 1. The van der Waals surface area contributed by atoms with Crippen LogP contribution >= 0.6 is 0 Å². The summed E-state index contributed by atoms with van der Waals surface area (Å²) in [5.74, 6) is 0.357. The molecule has 2 N–H and O–H groups in total. The van der Waals surface area contributed by atoms with Gasteiger partial charge in [-0.1, -0.05) is 60.7 Å². The van der Waals surface area contributed by atoms with Gasteiger partial charge in [0.25, 0.3) is 0 Å². The molecule has 0 saturated carbocycles. The monoisotopic (exact) mass is 343 g/mol. The number of hydrogen-bond acceptors (Lipinski definition) is 3. The number of benzene rings is 3. The highest BCUT2D eigenvalue weighted by Crippen LogP contribution is 2.35. The van der Waals surface area contributed by atoms with Crippen molar-refractivity contribution in [3.8, 4) is 22.3 Å². The predicted molar refractivity (Wildman–Crippen MR) is 103 cm³/mol. The lowest BCUT2D eigenvalue weighted by Gasteiger charge is -2.10. The minimum absolute atomic E-state index is 0.357. The highest BCUT2D eigenvalue weighted by molar-refractivity contribution is 5.95. The molecule has 4 rings (SSSR count). The Bertz CT molecular complexity index is 980. The van der Waals surface area contributed by atoms with Crippen molar-refractivity contribution in [1.82, 2.24) is 9.97 Å². The van der Waals surface area contributed by atoms with E-state index in [1.54, 1.807) is 0 Å². The van der Waals surface area contributed by atoms with Gasteiger partial charge in [0.2, 0.25) is 5.95 Å². The Kier molecular flexibility index (Phi) is 4.11. The number of nitrogens with zero attached hydrogens (tertiary/aromatic N) is 1. The second-order valence-electron chi connectivity index (χ2n) is 5.85. The number of carbonyl (C=O) groups excluding carboxylic acids is 1. The minimum Gasteiger partial charge on any atom is -0.453 e. The smallest absolute Gasteiger partial charge is 0.413 e. The zero-order valence-electron chi connectivity index (χ0n) is 14.2. The van der Waals surface area contributed by atoms with Crippen LogP contribution in [-0.4, -0.2) is 23.2 Å². The van der Waals surface area contributed by atoms with Crippen LogP contribution in [0.2, 0.25) is 0 Å². The van der Waals surface area contributed by atoms with Crippen molar-refractivity contribution in [1.29, 1.82) is 0 Å². The quantitative estimate of drug-likeness (QED) is 0.545. The molecule has 0 spiro atoms. The Morgan fingerprint density at radius 3 is 2.08 bits per heavy atom. The van der Waals surface area contributed by atoms with Crippen molar-refractivity contribution in [2.24, 2.45) is 0 Å². The first-order chi connectivity index (χ1) is 12.7. The van der Waals surface area contributed by atoms with Gasteiger partial charge in [-0.2, -0.15) is 0 Å². The summed E-state index contributed by atoms with van der Waals surface area (Å²) in [5, 5.41) is 2.57. The maximum Gasteiger partial charge on any atom is 0.413 e. The molecule has 5 heteroatoms. The molecule has 0 aliphatic carbocycles. The van der Waals surface area contributed by atoms with Gasteiger partial charge in [0.15, 0.2) is 0 Å². The second kappa shape index (κ2) is 6.72. The fourth-order valence-corrected chi connectivity index (χ4v) is 2.98. The third kappa shape index (κ3) is 3.02. The van der Waals surface area contributed by atoms with Crippen LogP contribution in [0.4, 0.5) is 10.7 Å². The Morgan fingerprint density at radius 1 is 0.923 bits per heavy atom. The van der Waals surface area contributed by atoms with Crippen molar-refractivity contribution < 1.29 is 9.53 Å². The maximum absolute atomic E-state index is 11.4. The zero-order valence-corrected chi connectivity index (χ0v) is 14.2. The molecule has 0 aliphatic heterocycles. The standard InChI is InChI=1S/C21H17N3O2/c1-26-21(25)24-20-22-18-12-16(14-8-4-2-5-9-14)17(13-19(18)23-20)15-10-6-3-7-11-15/h2-13H,1H3,(H2,22,23,24,25). The molecular formula is C21H17N3O2. The number of imidazole rings is 1. The van der Waals surface area contributed by atoms with E-state index in [4.69, 9.17) is 0 Å². The van der Waals surface area contributed by atoms with E-state index in [1.165, 1.54) is 7.11 Å². The number of hydrogen-bond donors (Lipinski definition) is 2. The molecular weight excluding hydrogens is 326 g/mol. The molecule has 1 heterocycles.